The molecule has 0 aromatic carbocycles. The summed E-state index contributed by atoms with van der Waals surface area (Å²) in [6.07, 6.45) is 7.59. The van der Waals surface area contributed by atoms with Gasteiger partial charge in [0.2, 0.25) is 29.3 Å². The number of aromatic amines is 4. The minimum Gasteiger partial charge on any atom is -0.542 e. The van der Waals surface area contributed by atoms with Crippen LogP contribution in [0.2, 0.25) is 0 Å². The highest BCUT2D eigenvalue weighted by atomic mass is 32.2. The first-order valence-corrected chi connectivity index (χ1v) is 45.1. The van der Waals surface area contributed by atoms with Gasteiger partial charge in [-0.1, -0.05) is 109 Å². The number of amides is 3. The number of aromatic nitrogens is 4. The summed E-state index contributed by atoms with van der Waals surface area (Å²) in [7, 11) is 0. The molecule has 0 bridgehead atoms. The molecule has 34 nitrogen and oxygen atoms in total. The van der Waals surface area contributed by atoms with E-state index >= 15 is 0 Å². The van der Waals surface area contributed by atoms with E-state index in [1.54, 1.807) is 84.0 Å². The van der Waals surface area contributed by atoms with Crippen LogP contribution in [0, 0.1) is 0 Å². The number of Topliss-reactive ketones (excluding diaryl/α,β-unsaturated/α-hetero) is 1. The Morgan fingerprint density at radius 2 is 0.772 bits per heavy atom. The number of hydrogen-bond acceptors (Lipinski definition) is 29. The smallest absolute Gasteiger partial charge is 0.430 e. The number of H-pyrrole nitrogens is 4. The van der Waals surface area contributed by atoms with Crippen molar-refractivity contribution in [2.24, 2.45) is 25.1 Å². The summed E-state index contributed by atoms with van der Waals surface area (Å²) in [5.41, 5.74) is 1.89. The molecule has 4 aliphatic heterocycles. The van der Waals surface area contributed by atoms with Crippen LogP contribution in [0.3, 0.4) is 0 Å². The molecule has 0 saturated carbocycles. The zero-order valence-corrected chi connectivity index (χ0v) is 78.3. The summed E-state index contributed by atoms with van der Waals surface area (Å²) in [5.74, 6) is -3.13. The Bertz CT molecular complexity index is 4770. The van der Waals surface area contributed by atoms with E-state index in [1.807, 2.05) is 61.5 Å². The number of pyridine rings is 4. The van der Waals surface area contributed by atoms with Gasteiger partial charge in [-0.15, -0.1) is 47.0 Å². The maximum atomic E-state index is 13.3. The molecule has 127 heavy (non-hydrogen) atoms. The van der Waals surface area contributed by atoms with Gasteiger partial charge in [0.25, 0.3) is 22.2 Å². The van der Waals surface area contributed by atoms with Gasteiger partial charge >= 0.3 is 12.1 Å². The summed E-state index contributed by atoms with van der Waals surface area (Å²) in [6.45, 7) is 46.7. The van der Waals surface area contributed by atoms with Crippen molar-refractivity contribution in [1.82, 2.24) is 35.9 Å². The van der Waals surface area contributed by atoms with Crippen molar-refractivity contribution in [3.05, 3.63) is 163 Å². The van der Waals surface area contributed by atoms with E-state index in [0.717, 1.165) is 37.8 Å². The fourth-order valence-electron chi connectivity index (χ4n) is 11.9. The van der Waals surface area contributed by atoms with Gasteiger partial charge in [-0.05, 0) is 95.4 Å². The maximum Gasteiger partial charge on any atom is 0.430 e. The largest absolute Gasteiger partial charge is 0.542 e. The predicted octanol–water partition coefficient (Wildman–Crippen LogP) is 10.7. The number of aliphatic carboxylic acids is 2. The fourth-order valence-corrected chi connectivity index (χ4v) is 16.6. The van der Waals surface area contributed by atoms with Crippen molar-refractivity contribution in [1.29, 1.82) is 0 Å². The number of ether oxygens (including phenoxy) is 8. The number of alkyl halides is 3. The standard InChI is InChI=1S/C23H35N3O5S.C19H26N4O4S.C19H25N3O4S.C12H18N2O2.C11H19NO4S.C2HF3O2/c1-7-11-17(18-13-16(29-12-8-2)14-19(27)24-18)25-20(28)22(5)15-32-21(26-22)23(6,30-9-3)31-10-4;1-5-7-14(15-9-13(27-8-6-2)10-16(24)20-15)21-18(25)19(4)11-28-17(22-19)12(3)23-26;1-5-7-14(15-9-13(26-8-6-2)10-16(24)20-15)21-18(25)19(4)11-27-17(22-19)12(3)23;1-3-5-10(13)11-7-9(16-6-4-2)8-12(15)14-11;1-5-15-11(4,16-6-2)8-12-10(3,7-17-8)9(13)14;3-2(4,5)1(6)7/h8,13-14,17H,2,7,9-12,15H2,1,3-6H3,(H,24,27)(H,25,28);6,9-10,14,26H,2,5,7-8,11H2,1,3-4H3,(H,20,24)(H,21,25);6,9-10,14H,2,5,7-8,11H2,1,3-4H3,(H,20,24)(H,21,25);4,7-8,10H,2-3,5-6,13H2,1H3,(H,14,15);5-7H2,1-4H3,(H,13,14);(H,6,7)/b;23-12+;;;;/t17-,22+;2*14-,19+;2*10-;/m11110./s1. The third kappa shape index (κ3) is 35.6. The van der Waals surface area contributed by atoms with E-state index in [-0.39, 0.29) is 83.1 Å². The lowest BCUT2D eigenvalue weighted by atomic mass is 10.0. The van der Waals surface area contributed by atoms with Crippen LogP contribution in [0.5, 0.6) is 23.0 Å². The predicted molar refractivity (Wildman–Crippen MR) is 490 cm³/mol. The maximum absolute atomic E-state index is 13.3. The van der Waals surface area contributed by atoms with E-state index in [2.05, 4.69) is 95.0 Å². The number of aliphatic imine (C=N–C) groups is 4. The molecular formula is C86H124F3N13O21S4. The molecule has 4 aromatic rings. The topological polar surface area (TPSA) is 497 Å². The Morgan fingerprint density at radius 1 is 0.496 bits per heavy atom. The third-order valence-electron chi connectivity index (χ3n) is 18.4. The van der Waals surface area contributed by atoms with Crippen LogP contribution in [0.25, 0.3) is 0 Å². The van der Waals surface area contributed by atoms with Crippen molar-refractivity contribution in [3.8, 4) is 23.0 Å². The molecule has 4 aromatic heterocycles. The zero-order chi connectivity index (χ0) is 95.7. The van der Waals surface area contributed by atoms with Crippen LogP contribution in [0.15, 0.2) is 143 Å². The first-order valence-electron chi connectivity index (χ1n) is 41.2. The third-order valence-corrected chi connectivity index (χ3v) is 24.0. The van der Waals surface area contributed by atoms with Gasteiger partial charge < -0.3 is 99.7 Å². The number of rotatable bonds is 43. The quantitative estimate of drug-likeness (QED) is 0.00647. The minimum atomic E-state index is -5.19. The second-order valence-corrected chi connectivity index (χ2v) is 33.6. The van der Waals surface area contributed by atoms with Crippen LogP contribution in [-0.4, -0.2) is 207 Å². The summed E-state index contributed by atoms with van der Waals surface area (Å²) in [6, 6.07) is 11.5. The Hall–Kier alpha value is -9.88. The van der Waals surface area contributed by atoms with Gasteiger partial charge in [-0.2, -0.15) is 13.2 Å². The van der Waals surface area contributed by atoms with Gasteiger partial charge in [0.1, 0.15) is 104 Å². The Balaban J connectivity index is 0.000000409. The van der Waals surface area contributed by atoms with Gasteiger partial charge in [0.15, 0.2) is 11.3 Å². The number of nitrogens with one attached hydrogen (secondary N) is 7. The van der Waals surface area contributed by atoms with Crippen molar-refractivity contribution >= 4 is 108 Å². The van der Waals surface area contributed by atoms with Crippen LogP contribution in [0.1, 0.15) is 209 Å². The highest BCUT2D eigenvalue weighted by molar-refractivity contribution is 8.16. The SMILES string of the molecule is C=CCOc1cc([C@@H](CCC)NC(=O)[C@]2(C)CSC(/C(C)=N/O)=N2)[nH]c(=O)c1.C=CCOc1cc([C@@H](CCC)NC(=O)[C@]2(C)CSC(C(C)(OCC)OCC)=N2)[nH]c(=O)c1.C=CCOc1cc([C@@H](CCC)NC(=O)[C@]2(C)CSC(C(C)=O)=N2)[nH]c(=O)c1.C=CCOc1cc([C@H]([NH3+])CCC)[nH]c(=O)c1.CCOC(C)(OCC)C1=N[C@](C)(C(=O)O)CS1.O=C([O-])C(F)(F)F. The van der Waals surface area contributed by atoms with Crippen LogP contribution >= 0.6 is 47.0 Å². The first-order chi connectivity index (χ1) is 59.8. The molecular weight excluding hydrogens is 1740 g/mol. The van der Waals surface area contributed by atoms with Crippen LogP contribution in [0.4, 0.5) is 13.2 Å². The molecule has 8 atom stereocenters. The molecule has 8 rings (SSSR count). The molecule has 4 aliphatic rings. The average molecular weight is 1860 g/mol. The number of carbonyl (C=O) groups excluding carboxylic acids is 5. The van der Waals surface area contributed by atoms with Gasteiger partial charge in [0, 0.05) is 128 Å². The summed E-state index contributed by atoms with van der Waals surface area (Å²) < 4.78 is 76.1. The van der Waals surface area contributed by atoms with E-state index in [9.17, 15) is 56.3 Å². The van der Waals surface area contributed by atoms with E-state index in [4.69, 9.17) is 63.1 Å². The monoisotopic (exact) mass is 1860 g/mol. The normalized spacial score (nSPS) is 19.1. The molecule has 0 radical (unpaired) electrons. The number of quaternary nitrogens is 1. The number of oxime groups is 1. The lowest BCUT2D eigenvalue weighted by molar-refractivity contribution is -0.429. The molecule has 0 aliphatic carbocycles. The van der Waals surface area contributed by atoms with Crippen LogP contribution < -0.4 is 68.0 Å². The van der Waals surface area contributed by atoms with Crippen molar-refractivity contribution in [2.45, 2.75) is 226 Å². The molecule has 0 unspecified atom stereocenters. The van der Waals surface area contributed by atoms with Gasteiger partial charge in [-0.3, -0.25) is 58.3 Å². The lowest BCUT2D eigenvalue weighted by Crippen LogP contribution is -2.54. The van der Waals surface area contributed by atoms with Crippen molar-refractivity contribution < 1.29 is 101 Å². The second-order valence-electron chi connectivity index (χ2n) is 29.7. The summed E-state index contributed by atoms with van der Waals surface area (Å²) >= 11 is 5.51. The highest BCUT2D eigenvalue weighted by Gasteiger charge is 2.48. The molecule has 8 heterocycles. The summed E-state index contributed by atoms with van der Waals surface area (Å²) in [4.78, 5) is 147. The van der Waals surface area contributed by atoms with Crippen LogP contribution in [-0.2, 0) is 47.7 Å². The lowest BCUT2D eigenvalue weighted by Gasteiger charge is -2.29. The minimum absolute atomic E-state index is 0.102. The Morgan fingerprint density at radius 3 is 1.04 bits per heavy atom. The van der Waals surface area contributed by atoms with Gasteiger partial charge in [-0.25, -0.2) is 4.79 Å². The first kappa shape index (κ1) is 111. The molecule has 704 valence electrons. The highest BCUT2D eigenvalue weighted by Crippen LogP contribution is 2.39. The Kier molecular flexibility index (Phi) is 47.2. The number of nitrogens with zero attached hydrogens (tertiary/aromatic N) is 5. The van der Waals surface area contributed by atoms with Gasteiger partial charge in [0.05, 0.1) is 23.8 Å². The second kappa shape index (κ2) is 53.8. The van der Waals surface area contributed by atoms with E-state index in [0.29, 0.717) is 148 Å². The van der Waals surface area contributed by atoms with E-state index in [1.165, 1.54) is 78.2 Å². The molecule has 0 fully saturated rings. The number of thioether (sulfide) groups is 4. The number of halogens is 3. The summed E-state index contributed by atoms with van der Waals surface area (Å²) in [5, 5.41) is 41.2. The molecule has 0 saturated heterocycles. The number of carboxylic acid groups (broad SMARTS) is 2. The number of carbonyl (C=O) groups is 6. The number of ketones is 1. The molecule has 12 N–H and O–H groups in total. The average Bonchev–Trinajstić information content (AvgIpc) is 1.64. The number of hydrogen-bond donors (Lipinski definition) is 10. The molecule has 41 heteroatoms. The van der Waals surface area contributed by atoms with Crippen molar-refractivity contribution in [2.75, 3.05) is 75.9 Å². The Labute approximate surface area is 754 Å². The van der Waals surface area contributed by atoms with Crippen molar-refractivity contribution in [3.63, 3.8) is 0 Å². The number of carboxylic acids is 2. The zero-order valence-electron chi connectivity index (χ0n) is 75.1. The fraction of sp³-hybridized carbons (Fsp3) is 0.547. The molecule has 0 spiro atoms. The molecule has 3 amide bonds. The van der Waals surface area contributed by atoms with E-state index < -0.39 is 51.8 Å².